The van der Waals surface area contributed by atoms with E-state index in [1.807, 2.05) is 60.7 Å². The third kappa shape index (κ3) is 19.5. The van der Waals surface area contributed by atoms with Crippen molar-refractivity contribution in [1.29, 1.82) is 0 Å². The highest BCUT2D eigenvalue weighted by Gasteiger charge is 2.17. The molecular weight excluding hydrogens is 506 g/mol. The normalized spacial score (nSPS) is 11.8. The molecule has 2 N–H and O–H groups in total. The first kappa shape index (κ1) is 33.8. The second kappa shape index (κ2) is 23.8. The van der Waals surface area contributed by atoms with Crippen molar-refractivity contribution in [1.82, 2.24) is 0 Å². The molecule has 8 heteroatoms. The number of benzene rings is 2. The summed E-state index contributed by atoms with van der Waals surface area (Å²) in [6.07, 6.45) is 13.4. The second-order valence-electron chi connectivity index (χ2n) is 8.95. The average molecular weight is 555 g/mol. The van der Waals surface area contributed by atoms with Gasteiger partial charge >= 0.3 is 17.2 Å². The molecule has 0 heterocycles. The Kier molecular flexibility index (Phi) is 21.7. The van der Waals surface area contributed by atoms with E-state index in [0.717, 1.165) is 30.8 Å². The summed E-state index contributed by atoms with van der Waals surface area (Å²) in [7, 11) is -3.60. The molecule has 6 nitrogen and oxygen atoms in total. The minimum absolute atomic E-state index is 0.481. The lowest BCUT2D eigenvalue weighted by Gasteiger charge is -2.17. The van der Waals surface area contributed by atoms with Crippen LogP contribution in [0.5, 0.6) is 11.5 Å². The van der Waals surface area contributed by atoms with E-state index >= 15 is 0 Å². The van der Waals surface area contributed by atoms with Crippen LogP contribution >= 0.6 is 17.2 Å². The lowest BCUT2D eigenvalue weighted by molar-refractivity contribution is 0.201. The Hall–Kier alpha value is -1.26. The highest BCUT2D eigenvalue weighted by molar-refractivity contribution is 7.42. The molecule has 0 bridgehead atoms. The molecule has 0 spiro atoms. The highest BCUT2D eigenvalue weighted by Crippen LogP contribution is 2.41. The van der Waals surface area contributed by atoms with E-state index in [9.17, 15) is 0 Å². The van der Waals surface area contributed by atoms with Gasteiger partial charge in [0.1, 0.15) is 11.5 Å². The van der Waals surface area contributed by atoms with E-state index in [0.29, 0.717) is 19.1 Å². The van der Waals surface area contributed by atoms with Crippen LogP contribution in [0, 0.1) is 5.92 Å². The van der Waals surface area contributed by atoms with Crippen molar-refractivity contribution in [2.24, 2.45) is 5.92 Å². The van der Waals surface area contributed by atoms with Crippen LogP contribution in [0.3, 0.4) is 0 Å². The molecule has 0 aliphatic carbocycles. The first-order valence-electron chi connectivity index (χ1n) is 13.8. The first-order valence-corrected chi connectivity index (χ1v) is 16.0. The largest absolute Gasteiger partial charge is 0.463 e. The second-order valence-corrected chi connectivity index (χ2v) is 10.8. The summed E-state index contributed by atoms with van der Waals surface area (Å²) in [5.74, 6) is 2.02. The monoisotopic (exact) mass is 554 g/mol. The molecule has 2 rings (SSSR count). The predicted octanol–water partition coefficient (Wildman–Crippen LogP) is 9.57. The van der Waals surface area contributed by atoms with Crippen LogP contribution < -0.4 is 9.05 Å². The van der Waals surface area contributed by atoms with Gasteiger partial charge in [-0.25, -0.2) is 0 Å². The van der Waals surface area contributed by atoms with Gasteiger partial charge < -0.3 is 23.4 Å². The minimum atomic E-state index is -2.15. The van der Waals surface area contributed by atoms with Crippen LogP contribution in [0.25, 0.3) is 0 Å². The van der Waals surface area contributed by atoms with Gasteiger partial charge in [-0.1, -0.05) is 115 Å². The quantitative estimate of drug-likeness (QED) is 0.125. The fourth-order valence-electron chi connectivity index (χ4n) is 3.47. The maximum atomic E-state index is 8.52. The molecule has 1 unspecified atom stereocenters. The summed E-state index contributed by atoms with van der Waals surface area (Å²) in [4.78, 5) is 17.0. The Morgan fingerprint density at radius 2 is 1.16 bits per heavy atom. The Bertz CT molecular complexity index is 694. The first-order chi connectivity index (χ1) is 18.1. The Balaban J connectivity index is 0.000000482. The average Bonchev–Trinajstić information content (AvgIpc) is 2.91. The molecule has 0 aliphatic rings. The minimum Gasteiger partial charge on any atom is -0.418 e. The van der Waals surface area contributed by atoms with E-state index in [4.69, 9.17) is 27.9 Å². The number of para-hydroxylation sites is 2. The third-order valence-corrected chi connectivity index (χ3v) is 7.25. The van der Waals surface area contributed by atoms with Crippen molar-refractivity contribution < 1.29 is 27.9 Å². The smallest absolute Gasteiger partial charge is 0.418 e. The zero-order chi connectivity index (χ0) is 27.0. The molecule has 210 valence electrons. The van der Waals surface area contributed by atoms with E-state index in [1.165, 1.54) is 51.4 Å². The van der Waals surface area contributed by atoms with E-state index in [-0.39, 0.29) is 0 Å². The summed E-state index contributed by atoms with van der Waals surface area (Å²) in [6, 6.07) is 19.4. The Morgan fingerprint density at radius 3 is 1.65 bits per heavy atom. The van der Waals surface area contributed by atoms with Crippen LogP contribution in [0.15, 0.2) is 60.7 Å². The SMILES string of the molecule is CCCCC(CC)COP(O)O.CCCCCCCCCOP(Oc1ccccc1)Oc1ccccc1. The van der Waals surface area contributed by atoms with Gasteiger partial charge in [0.2, 0.25) is 0 Å². The van der Waals surface area contributed by atoms with Crippen LogP contribution in [0.4, 0.5) is 0 Å². The fraction of sp³-hybridized carbons (Fsp3) is 0.586. The molecule has 0 fully saturated rings. The molecule has 2 aromatic rings. The van der Waals surface area contributed by atoms with Crippen LogP contribution in [0.1, 0.15) is 91.4 Å². The molecule has 0 amide bonds. The molecule has 2 aromatic carbocycles. The number of hydrogen-bond acceptors (Lipinski definition) is 6. The standard InChI is InChI=1S/C21H29O3P.C8H19O3P/c1-2-3-4-5-6-7-14-19-22-25(23-20-15-10-8-11-16-20)24-21-17-12-9-13-18-21;1-3-5-6-8(4-2)7-11-12(9)10/h8-13,15-18H,2-7,14,19H2,1H3;8-10H,3-7H2,1-2H3. The van der Waals surface area contributed by atoms with Crippen molar-refractivity contribution in [3.05, 3.63) is 60.7 Å². The predicted molar refractivity (Wildman–Crippen MR) is 156 cm³/mol. The van der Waals surface area contributed by atoms with Crippen molar-refractivity contribution in [3.8, 4) is 11.5 Å². The zero-order valence-corrected chi connectivity index (χ0v) is 24.8. The number of rotatable bonds is 20. The van der Waals surface area contributed by atoms with Crippen molar-refractivity contribution >= 4 is 17.2 Å². The van der Waals surface area contributed by atoms with Gasteiger partial charge in [-0.2, -0.15) is 0 Å². The van der Waals surface area contributed by atoms with Gasteiger partial charge in [0.05, 0.1) is 13.2 Å². The number of hydrogen-bond donors (Lipinski definition) is 2. The fourth-order valence-corrected chi connectivity index (χ4v) is 4.83. The lowest BCUT2D eigenvalue weighted by atomic mass is 10.0. The maximum Gasteiger partial charge on any atom is 0.463 e. The summed E-state index contributed by atoms with van der Waals surface area (Å²) in [5.41, 5.74) is 0. The van der Waals surface area contributed by atoms with E-state index in [2.05, 4.69) is 20.8 Å². The van der Waals surface area contributed by atoms with Gasteiger partial charge in [0.25, 0.3) is 0 Å². The third-order valence-electron chi connectivity index (χ3n) is 5.76. The molecule has 1 atom stereocenters. The van der Waals surface area contributed by atoms with E-state index in [1.54, 1.807) is 0 Å². The lowest BCUT2D eigenvalue weighted by Crippen LogP contribution is -2.06. The van der Waals surface area contributed by atoms with Crippen LogP contribution in [-0.2, 0) is 9.05 Å². The highest BCUT2D eigenvalue weighted by atomic mass is 31.2. The van der Waals surface area contributed by atoms with Gasteiger partial charge in [-0.3, -0.25) is 4.52 Å². The van der Waals surface area contributed by atoms with Gasteiger partial charge in [-0.05, 0) is 43.0 Å². The Labute approximate surface area is 227 Å². The molecule has 0 aliphatic heterocycles. The molecular formula is C29H48O6P2. The molecule has 0 aromatic heterocycles. The molecule has 37 heavy (non-hydrogen) atoms. The van der Waals surface area contributed by atoms with Crippen LogP contribution in [-0.4, -0.2) is 23.0 Å². The summed E-state index contributed by atoms with van der Waals surface area (Å²) >= 11 is 0. The van der Waals surface area contributed by atoms with Gasteiger partial charge in [-0.15, -0.1) is 0 Å². The van der Waals surface area contributed by atoms with Gasteiger partial charge in [0, 0.05) is 0 Å². The topological polar surface area (TPSA) is 77.4 Å². The van der Waals surface area contributed by atoms with Crippen molar-refractivity contribution in [2.45, 2.75) is 91.4 Å². The molecule has 0 radical (unpaired) electrons. The van der Waals surface area contributed by atoms with Crippen LogP contribution in [0.2, 0.25) is 0 Å². The number of unbranched alkanes of at least 4 members (excludes halogenated alkanes) is 7. The maximum absolute atomic E-state index is 8.52. The molecule has 0 saturated carbocycles. The van der Waals surface area contributed by atoms with Crippen molar-refractivity contribution in [3.63, 3.8) is 0 Å². The zero-order valence-electron chi connectivity index (χ0n) is 23.0. The molecule has 0 saturated heterocycles. The van der Waals surface area contributed by atoms with Crippen molar-refractivity contribution in [2.75, 3.05) is 13.2 Å². The summed E-state index contributed by atoms with van der Waals surface area (Å²) < 4.78 is 22.5. The van der Waals surface area contributed by atoms with Gasteiger partial charge in [0.15, 0.2) is 0 Å². The summed E-state index contributed by atoms with van der Waals surface area (Å²) in [6.45, 7) is 7.64. The summed E-state index contributed by atoms with van der Waals surface area (Å²) in [5, 5.41) is 0. The van der Waals surface area contributed by atoms with E-state index < -0.39 is 17.2 Å². The Morgan fingerprint density at radius 1 is 0.649 bits per heavy atom.